The number of rotatable bonds is 3. The van der Waals surface area contributed by atoms with E-state index in [1.165, 1.54) is 12.8 Å². The number of halogens is 2. The Bertz CT molecular complexity index is 485. The highest BCUT2D eigenvalue weighted by Gasteiger charge is 2.36. The molecule has 0 aliphatic carbocycles. The predicted molar refractivity (Wildman–Crippen MR) is 80.9 cm³/mol. The van der Waals surface area contributed by atoms with Gasteiger partial charge in [0.05, 0.1) is 18.8 Å². The summed E-state index contributed by atoms with van der Waals surface area (Å²) in [5.41, 5.74) is 3.73. The number of hydrogen-bond acceptors (Lipinski definition) is 4. The van der Waals surface area contributed by atoms with Crippen molar-refractivity contribution in [3.05, 3.63) is 33.8 Å². The van der Waals surface area contributed by atoms with Gasteiger partial charge in [-0.1, -0.05) is 23.2 Å². The van der Waals surface area contributed by atoms with Crippen molar-refractivity contribution in [2.24, 2.45) is 5.84 Å². The van der Waals surface area contributed by atoms with Crippen molar-refractivity contribution in [2.45, 2.75) is 31.0 Å². The first-order valence-electron chi connectivity index (χ1n) is 6.96. The van der Waals surface area contributed by atoms with Crippen LogP contribution in [-0.2, 0) is 4.74 Å². The van der Waals surface area contributed by atoms with Crippen LogP contribution in [0.4, 0.5) is 0 Å². The Labute approximate surface area is 129 Å². The summed E-state index contributed by atoms with van der Waals surface area (Å²) >= 11 is 12.3. The molecule has 4 nitrogen and oxygen atoms in total. The summed E-state index contributed by atoms with van der Waals surface area (Å²) < 4.78 is 6.01. The lowest BCUT2D eigenvalue weighted by atomic mass is 10.00. The van der Waals surface area contributed by atoms with Crippen LogP contribution in [0.5, 0.6) is 0 Å². The largest absolute Gasteiger partial charge is 0.373 e. The van der Waals surface area contributed by atoms with Gasteiger partial charge in [0.15, 0.2) is 0 Å². The topological polar surface area (TPSA) is 50.5 Å². The van der Waals surface area contributed by atoms with Crippen LogP contribution in [-0.4, -0.2) is 36.7 Å². The van der Waals surface area contributed by atoms with Gasteiger partial charge in [-0.2, -0.15) is 0 Å². The van der Waals surface area contributed by atoms with E-state index in [1.54, 1.807) is 12.1 Å². The van der Waals surface area contributed by atoms with E-state index in [2.05, 4.69) is 10.3 Å². The summed E-state index contributed by atoms with van der Waals surface area (Å²) in [5, 5.41) is 1.31. The van der Waals surface area contributed by atoms with Crippen molar-refractivity contribution in [3.8, 4) is 0 Å². The molecule has 0 bridgehead atoms. The van der Waals surface area contributed by atoms with Crippen LogP contribution in [0.25, 0.3) is 0 Å². The Morgan fingerprint density at radius 1 is 1.40 bits per heavy atom. The van der Waals surface area contributed by atoms with Gasteiger partial charge < -0.3 is 4.74 Å². The van der Waals surface area contributed by atoms with Crippen LogP contribution in [0.3, 0.4) is 0 Å². The minimum Gasteiger partial charge on any atom is -0.373 e. The second-order valence-corrected chi connectivity index (χ2v) is 6.32. The van der Waals surface area contributed by atoms with Gasteiger partial charge in [0.2, 0.25) is 0 Å². The van der Waals surface area contributed by atoms with Crippen LogP contribution in [0.2, 0.25) is 10.0 Å². The molecule has 0 saturated carbocycles. The van der Waals surface area contributed by atoms with Crippen LogP contribution < -0.4 is 11.3 Å². The first kappa shape index (κ1) is 14.6. The Morgan fingerprint density at radius 2 is 2.25 bits per heavy atom. The number of ether oxygens (including phenoxy) is 1. The predicted octanol–water partition coefficient (Wildman–Crippen LogP) is 2.36. The summed E-state index contributed by atoms with van der Waals surface area (Å²) in [6.45, 7) is 2.79. The average molecular weight is 316 g/mol. The molecular formula is C14H19Cl2N3O. The third kappa shape index (κ3) is 2.82. The monoisotopic (exact) mass is 315 g/mol. The highest BCUT2D eigenvalue weighted by molar-refractivity contribution is 6.33. The molecule has 2 fully saturated rings. The third-order valence-corrected chi connectivity index (χ3v) is 4.84. The lowest BCUT2D eigenvalue weighted by Crippen LogP contribution is -2.51. The fourth-order valence-electron chi connectivity index (χ4n) is 3.19. The Balaban J connectivity index is 1.81. The SMILES string of the molecule is NNC(c1cc(Cl)ccc1Cl)C1CN2CCCC2CO1. The maximum atomic E-state index is 6.28. The number of nitrogens with two attached hydrogens (primary N) is 1. The van der Waals surface area contributed by atoms with Crippen LogP contribution in [0, 0.1) is 0 Å². The molecule has 3 rings (SSSR count). The molecule has 0 amide bonds. The van der Waals surface area contributed by atoms with Gasteiger partial charge in [0, 0.05) is 22.6 Å². The summed E-state index contributed by atoms with van der Waals surface area (Å²) in [5.74, 6) is 5.74. The minimum atomic E-state index is -0.150. The van der Waals surface area contributed by atoms with Crippen molar-refractivity contribution in [1.29, 1.82) is 0 Å². The summed E-state index contributed by atoms with van der Waals surface area (Å²) in [4.78, 5) is 2.48. The molecule has 2 heterocycles. The standard InChI is InChI=1S/C14H19Cl2N3O/c15-9-3-4-12(16)11(6-9)14(18-17)13-7-19-5-1-2-10(19)8-20-13/h3-4,6,10,13-14,18H,1-2,5,7-8,17H2. The van der Waals surface area contributed by atoms with Crippen molar-refractivity contribution < 1.29 is 4.74 Å². The number of morpholine rings is 1. The number of nitrogens with one attached hydrogen (secondary N) is 1. The van der Waals surface area contributed by atoms with Gasteiger partial charge in [-0.15, -0.1) is 0 Å². The molecule has 2 aliphatic rings. The Morgan fingerprint density at radius 3 is 3.05 bits per heavy atom. The summed E-state index contributed by atoms with van der Waals surface area (Å²) in [6, 6.07) is 5.85. The summed E-state index contributed by atoms with van der Waals surface area (Å²) in [7, 11) is 0. The summed E-state index contributed by atoms with van der Waals surface area (Å²) in [6.07, 6.45) is 2.47. The molecule has 0 radical (unpaired) electrons. The average Bonchev–Trinajstić information content (AvgIpc) is 2.91. The third-order valence-electron chi connectivity index (χ3n) is 4.26. The van der Waals surface area contributed by atoms with E-state index in [1.807, 2.05) is 6.07 Å². The number of benzene rings is 1. The molecule has 3 atom stereocenters. The molecule has 2 aliphatic heterocycles. The Kier molecular flexibility index (Phi) is 4.50. The van der Waals surface area contributed by atoms with Crippen LogP contribution in [0.1, 0.15) is 24.4 Å². The number of hydrogen-bond donors (Lipinski definition) is 2. The van der Waals surface area contributed by atoms with Crippen molar-refractivity contribution in [2.75, 3.05) is 19.7 Å². The lowest BCUT2D eigenvalue weighted by Gasteiger charge is -2.39. The smallest absolute Gasteiger partial charge is 0.0910 e. The normalized spacial score (nSPS) is 28.4. The fourth-order valence-corrected chi connectivity index (χ4v) is 3.61. The number of hydrazine groups is 1. The molecule has 6 heteroatoms. The first-order valence-corrected chi connectivity index (χ1v) is 7.71. The molecule has 110 valence electrons. The molecule has 0 spiro atoms. The molecule has 3 unspecified atom stereocenters. The van der Waals surface area contributed by atoms with E-state index in [0.29, 0.717) is 16.1 Å². The number of fused-ring (bicyclic) bond motifs is 1. The maximum Gasteiger partial charge on any atom is 0.0910 e. The van der Waals surface area contributed by atoms with Crippen molar-refractivity contribution >= 4 is 23.2 Å². The number of nitrogens with zero attached hydrogens (tertiary/aromatic N) is 1. The van der Waals surface area contributed by atoms with E-state index in [9.17, 15) is 0 Å². The minimum absolute atomic E-state index is 0.00897. The maximum absolute atomic E-state index is 6.28. The van der Waals surface area contributed by atoms with E-state index in [4.69, 9.17) is 33.8 Å². The zero-order chi connectivity index (χ0) is 14.1. The highest BCUT2D eigenvalue weighted by Crippen LogP contribution is 2.32. The van der Waals surface area contributed by atoms with E-state index in [-0.39, 0.29) is 12.1 Å². The molecule has 1 aromatic carbocycles. The van der Waals surface area contributed by atoms with E-state index < -0.39 is 0 Å². The molecule has 2 saturated heterocycles. The molecule has 20 heavy (non-hydrogen) atoms. The fraction of sp³-hybridized carbons (Fsp3) is 0.571. The molecule has 1 aromatic rings. The van der Waals surface area contributed by atoms with E-state index >= 15 is 0 Å². The second-order valence-electron chi connectivity index (χ2n) is 5.47. The van der Waals surface area contributed by atoms with E-state index in [0.717, 1.165) is 25.3 Å². The van der Waals surface area contributed by atoms with Crippen LogP contribution in [0.15, 0.2) is 18.2 Å². The van der Waals surface area contributed by atoms with Crippen molar-refractivity contribution in [1.82, 2.24) is 10.3 Å². The van der Waals surface area contributed by atoms with Gasteiger partial charge >= 0.3 is 0 Å². The Hall–Kier alpha value is -0.360. The molecular weight excluding hydrogens is 297 g/mol. The second kappa shape index (κ2) is 6.18. The molecule has 0 aromatic heterocycles. The van der Waals surface area contributed by atoms with Gasteiger partial charge in [0.25, 0.3) is 0 Å². The lowest BCUT2D eigenvalue weighted by molar-refractivity contribution is -0.0653. The quantitative estimate of drug-likeness (QED) is 0.664. The van der Waals surface area contributed by atoms with Crippen molar-refractivity contribution in [3.63, 3.8) is 0 Å². The van der Waals surface area contributed by atoms with Gasteiger partial charge in [-0.3, -0.25) is 16.2 Å². The molecule has 3 N–H and O–H groups in total. The zero-order valence-electron chi connectivity index (χ0n) is 11.2. The first-order chi connectivity index (χ1) is 9.69. The van der Waals surface area contributed by atoms with Gasteiger partial charge in [-0.05, 0) is 43.1 Å². The van der Waals surface area contributed by atoms with Crippen LogP contribution >= 0.6 is 23.2 Å². The van der Waals surface area contributed by atoms with Gasteiger partial charge in [0.1, 0.15) is 0 Å². The van der Waals surface area contributed by atoms with Gasteiger partial charge in [-0.25, -0.2) is 0 Å². The zero-order valence-corrected chi connectivity index (χ0v) is 12.7. The highest BCUT2D eigenvalue weighted by atomic mass is 35.5.